The van der Waals surface area contributed by atoms with Gasteiger partial charge in [-0.2, -0.15) is 0 Å². The smallest absolute Gasteiger partial charge is 0.233 e. The second-order valence-corrected chi connectivity index (χ2v) is 8.00. The molecule has 4 nitrogen and oxygen atoms in total. The van der Waals surface area contributed by atoms with Crippen LogP contribution in [0.3, 0.4) is 0 Å². The molecule has 0 unspecified atom stereocenters. The first kappa shape index (κ1) is 14.8. The van der Waals surface area contributed by atoms with E-state index in [0.717, 1.165) is 14.6 Å². The van der Waals surface area contributed by atoms with Gasteiger partial charge in [-0.05, 0) is 18.1 Å². The van der Waals surface area contributed by atoms with Crippen LogP contribution in [-0.4, -0.2) is 45.3 Å². The summed E-state index contributed by atoms with van der Waals surface area (Å²) in [6.45, 7) is 4.86. The van der Waals surface area contributed by atoms with E-state index in [1.54, 1.807) is 16.2 Å². The fraction of sp³-hybridized carbons (Fsp3) is 0.467. The van der Waals surface area contributed by atoms with E-state index in [2.05, 4.69) is 4.98 Å². The predicted octanol–water partition coefficient (Wildman–Crippen LogP) is 2.62. The molecule has 21 heavy (non-hydrogen) atoms. The van der Waals surface area contributed by atoms with E-state index in [0.29, 0.717) is 18.8 Å². The molecule has 2 heterocycles. The molecule has 0 atom stereocenters. The van der Waals surface area contributed by atoms with Crippen molar-refractivity contribution >= 4 is 39.2 Å². The lowest BCUT2D eigenvalue weighted by atomic mass is 9.83. The van der Waals surface area contributed by atoms with Crippen molar-refractivity contribution in [2.24, 2.45) is 5.92 Å². The zero-order valence-corrected chi connectivity index (χ0v) is 13.7. The van der Waals surface area contributed by atoms with Crippen LogP contribution < -0.4 is 0 Å². The van der Waals surface area contributed by atoms with Crippen LogP contribution in [0, 0.1) is 5.92 Å². The summed E-state index contributed by atoms with van der Waals surface area (Å²) < 4.78 is 2.06. The van der Waals surface area contributed by atoms with Gasteiger partial charge < -0.3 is 10.0 Å². The van der Waals surface area contributed by atoms with Crippen molar-refractivity contribution in [2.75, 3.05) is 18.8 Å². The standard InChI is InChI=1S/C15H18N2O2S2/c1-10(2)15(19)8-17(9-15)13(18)7-20-14-16-11-5-3-4-6-12(11)21-14/h3-6,10,19H,7-9H2,1-2H3. The number of thiazole rings is 1. The minimum atomic E-state index is -0.698. The molecule has 1 aromatic carbocycles. The molecule has 3 rings (SSSR count). The fourth-order valence-corrected chi connectivity index (χ4v) is 4.25. The van der Waals surface area contributed by atoms with Crippen molar-refractivity contribution < 1.29 is 9.90 Å². The van der Waals surface area contributed by atoms with Gasteiger partial charge in [-0.1, -0.05) is 37.7 Å². The summed E-state index contributed by atoms with van der Waals surface area (Å²) in [5, 5.41) is 10.2. The van der Waals surface area contributed by atoms with E-state index >= 15 is 0 Å². The third-order valence-corrected chi connectivity index (χ3v) is 6.11. The Morgan fingerprint density at radius 3 is 2.86 bits per heavy atom. The maximum Gasteiger partial charge on any atom is 0.233 e. The third kappa shape index (κ3) is 2.93. The van der Waals surface area contributed by atoms with Crippen molar-refractivity contribution in [3.05, 3.63) is 24.3 Å². The van der Waals surface area contributed by atoms with Gasteiger partial charge in [0.25, 0.3) is 0 Å². The van der Waals surface area contributed by atoms with Crippen molar-refractivity contribution in [1.82, 2.24) is 9.88 Å². The SMILES string of the molecule is CC(C)C1(O)CN(C(=O)CSc2nc3ccccc3s2)C1. The highest BCUT2D eigenvalue weighted by Gasteiger charge is 2.45. The number of aromatic nitrogens is 1. The quantitative estimate of drug-likeness (QED) is 0.879. The summed E-state index contributed by atoms with van der Waals surface area (Å²) in [6.07, 6.45) is 0. The Morgan fingerprint density at radius 1 is 1.48 bits per heavy atom. The fourth-order valence-electron chi connectivity index (χ4n) is 2.28. The molecule has 0 saturated carbocycles. The second-order valence-electron chi connectivity index (χ2n) is 5.74. The molecule has 6 heteroatoms. The Bertz CT molecular complexity index is 629. The van der Waals surface area contributed by atoms with Gasteiger partial charge >= 0.3 is 0 Å². The number of β-amino-alcohol motifs (C(OH)–C–C–N with tert-alkyl or cyclic N) is 1. The highest BCUT2D eigenvalue weighted by Crippen LogP contribution is 2.32. The first-order chi connectivity index (χ1) is 9.98. The van der Waals surface area contributed by atoms with E-state index in [-0.39, 0.29) is 11.8 Å². The largest absolute Gasteiger partial charge is 0.386 e. The number of hydrogen-bond donors (Lipinski definition) is 1. The van der Waals surface area contributed by atoms with Crippen LogP contribution in [0.5, 0.6) is 0 Å². The normalized spacial score (nSPS) is 17.2. The predicted molar refractivity (Wildman–Crippen MR) is 86.7 cm³/mol. The number of amides is 1. The molecule has 1 aromatic heterocycles. The van der Waals surface area contributed by atoms with Crippen molar-refractivity contribution in [1.29, 1.82) is 0 Å². The molecule has 1 N–H and O–H groups in total. The van der Waals surface area contributed by atoms with Crippen LogP contribution in [0.25, 0.3) is 10.2 Å². The minimum absolute atomic E-state index is 0.0737. The monoisotopic (exact) mass is 322 g/mol. The number of thioether (sulfide) groups is 1. The average Bonchev–Trinajstić information content (AvgIpc) is 2.83. The lowest BCUT2D eigenvalue weighted by Gasteiger charge is -2.49. The van der Waals surface area contributed by atoms with E-state index in [4.69, 9.17) is 0 Å². The van der Waals surface area contributed by atoms with Crippen molar-refractivity contribution in [3.63, 3.8) is 0 Å². The van der Waals surface area contributed by atoms with Crippen LogP contribution >= 0.6 is 23.1 Å². The Balaban J connectivity index is 1.55. The summed E-state index contributed by atoms with van der Waals surface area (Å²) in [7, 11) is 0. The van der Waals surface area contributed by atoms with Crippen molar-refractivity contribution in [3.8, 4) is 0 Å². The molecule has 0 aliphatic carbocycles. The van der Waals surface area contributed by atoms with Crippen LogP contribution in [0.4, 0.5) is 0 Å². The molecule has 112 valence electrons. The van der Waals surface area contributed by atoms with Gasteiger partial charge in [0.1, 0.15) is 5.60 Å². The highest BCUT2D eigenvalue weighted by molar-refractivity contribution is 8.01. The second kappa shape index (κ2) is 5.59. The molecule has 1 aliphatic rings. The van der Waals surface area contributed by atoms with E-state index in [1.807, 2.05) is 38.1 Å². The molecule has 0 radical (unpaired) electrons. The van der Waals surface area contributed by atoms with Gasteiger partial charge in [0.2, 0.25) is 5.91 Å². The Morgan fingerprint density at radius 2 is 2.19 bits per heavy atom. The number of rotatable bonds is 4. The number of fused-ring (bicyclic) bond motifs is 1. The summed E-state index contributed by atoms with van der Waals surface area (Å²) in [4.78, 5) is 18.3. The number of hydrogen-bond acceptors (Lipinski definition) is 5. The summed E-state index contributed by atoms with van der Waals surface area (Å²) in [5.41, 5.74) is 0.284. The highest BCUT2D eigenvalue weighted by atomic mass is 32.2. The van der Waals surface area contributed by atoms with E-state index in [9.17, 15) is 9.90 Å². The van der Waals surface area contributed by atoms with Gasteiger partial charge in [-0.3, -0.25) is 4.79 Å². The number of carbonyl (C=O) groups is 1. The van der Waals surface area contributed by atoms with Gasteiger partial charge in [-0.15, -0.1) is 11.3 Å². The summed E-state index contributed by atoms with van der Waals surface area (Å²) in [5.74, 6) is 0.636. The van der Waals surface area contributed by atoms with Crippen molar-refractivity contribution in [2.45, 2.75) is 23.8 Å². The Hall–Kier alpha value is -1.11. The molecule has 2 aromatic rings. The zero-order valence-electron chi connectivity index (χ0n) is 12.1. The maximum atomic E-state index is 12.1. The van der Waals surface area contributed by atoms with Gasteiger partial charge in [-0.25, -0.2) is 4.98 Å². The number of para-hydroxylation sites is 1. The molecule has 1 saturated heterocycles. The number of carbonyl (C=O) groups excluding carboxylic acids is 1. The van der Waals surface area contributed by atoms with Gasteiger partial charge in [0, 0.05) is 0 Å². The summed E-state index contributed by atoms with van der Waals surface area (Å²) >= 11 is 3.09. The molecule has 0 bridgehead atoms. The third-order valence-electron chi connectivity index (χ3n) is 3.95. The molecule has 1 amide bonds. The maximum absolute atomic E-state index is 12.1. The lowest BCUT2D eigenvalue weighted by Crippen LogP contribution is -2.66. The van der Waals surface area contributed by atoms with E-state index < -0.39 is 5.60 Å². The Kier molecular flexibility index (Phi) is 3.94. The topological polar surface area (TPSA) is 53.4 Å². The minimum Gasteiger partial charge on any atom is -0.386 e. The summed E-state index contributed by atoms with van der Waals surface area (Å²) in [6, 6.07) is 7.98. The number of nitrogens with zero attached hydrogens (tertiary/aromatic N) is 2. The van der Waals surface area contributed by atoms with Crippen LogP contribution in [0.15, 0.2) is 28.6 Å². The molecule has 1 fully saturated rings. The number of likely N-dealkylation sites (tertiary alicyclic amines) is 1. The average molecular weight is 322 g/mol. The molecular weight excluding hydrogens is 304 g/mol. The van der Waals surface area contributed by atoms with Crippen LogP contribution in [0.2, 0.25) is 0 Å². The molecular formula is C15H18N2O2S2. The van der Waals surface area contributed by atoms with Crippen LogP contribution in [-0.2, 0) is 4.79 Å². The number of aliphatic hydroxyl groups is 1. The first-order valence-corrected chi connectivity index (χ1v) is 8.77. The van der Waals surface area contributed by atoms with Gasteiger partial charge in [0.15, 0.2) is 4.34 Å². The number of benzene rings is 1. The van der Waals surface area contributed by atoms with E-state index in [1.165, 1.54) is 11.8 Å². The first-order valence-electron chi connectivity index (χ1n) is 6.96. The lowest BCUT2D eigenvalue weighted by molar-refractivity contribution is -0.161. The molecule has 0 spiro atoms. The molecule has 1 aliphatic heterocycles. The zero-order chi connectivity index (χ0) is 15.0. The Labute approximate surface area is 132 Å². The van der Waals surface area contributed by atoms with Gasteiger partial charge in [0.05, 0.1) is 29.1 Å². The van der Waals surface area contributed by atoms with Crippen LogP contribution in [0.1, 0.15) is 13.8 Å².